The Labute approximate surface area is 89.0 Å². The molecule has 0 atom stereocenters. The van der Waals surface area contributed by atoms with E-state index in [0.29, 0.717) is 17.5 Å². The van der Waals surface area contributed by atoms with Crippen LogP contribution in [0.25, 0.3) is 0 Å². The summed E-state index contributed by atoms with van der Waals surface area (Å²) >= 11 is 0. The second kappa shape index (κ2) is 5.32. The minimum absolute atomic E-state index is 0.0227. The molecule has 0 aromatic heterocycles. The number of ether oxygens (including phenoxy) is 1. The Kier molecular flexibility index (Phi) is 4.06. The van der Waals surface area contributed by atoms with Crippen molar-refractivity contribution >= 4 is 5.78 Å². The van der Waals surface area contributed by atoms with Crippen LogP contribution in [0.4, 0.5) is 0 Å². The molecule has 0 bridgehead atoms. The van der Waals surface area contributed by atoms with Gasteiger partial charge in [0.1, 0.15) is 12.4 Å². The largest absolute Gasteiger partial charge is 0.507 e. The van der Waals surface area contributed by atoms with Gasteiger partial charge in [-0.1, -0.05) is 18.2 Å². The smallest absolute Gasteiger partial charge is 0.192 e. The quantitative estimate of drug-likeness (QED) is 0.591. The van der Waals surface area contributed by atoms with Crippen molar-refractivity contribution < 1.29 is 14.6 Å². The number of Topliss-reactive ketones (excluding diaryl/α,β-unsaturated/α-hetero) is 1. The summed E-state index contributed by atoms with van der Waals surface area (Å²) in [4.78, 5) is 11.5. The van der Waals surface area contributed by atoms with Crippen LogP contribution >= 0.6 is 0 Å². The number of rotatable bonds is 5. The molecule has 3 heteroatoms. The topological polar surface area (TPSA) is 46.5 Å². The van der Waals surface area contributed by atoms with Gasteiger partial charge in [0.25, 0.3) is 0 Å². The van der Waals surface area contributed by atoms with Gasteiger partial charge in [0.2, 0.25) is 0 Å². The molecular weight excluding hydrogens is 192 g/mol. The zero-order valence-corrected chi connectivity index (χ0v) is 8.69. The molecule has 0 saturated heterocycles. The molecule has 0 aliphatic carbocycles. The Bertz CT molecular complexity index is 369. The summed E-state index contributed by atoms with van der Waals surface area (Å²) in [6.45, 7) is 3.56. The molecule has 80 valence electrons. The number of ketones is 1. The molecule has 0 amide bonds. The zero-order chi connectivity index (χ0) is 11.3. The maximum absolute atomic E-state index is 11.5. The highest BCUT2D eigenvalue weighted by Crippen LogP contribution is 2.23. The van der Waals surface area contributed by atoms with Crippen LogP contribution in [-0.4, -0.2) is 24.6 Å². The molecule has 1 rings (SSSR count). The van der Waals surface area contributed by atoms with E-state index in [9.17, 15) is 9.90 Å². The first-order chi connectivity index (χ1) is 7.20. The van der Waals surface area contributed by atoms with E-state index in [0.717, 1.165) is 0 Å². The highest BCUT2D eigenvalue weighted by atomic mass is 16.5. The fraction of sp³-hybridized carbons (Fsp3) is 0.250. The maximum atomic E-state index is 11.5. The Hall–Kier alpha value is -1.61. The van der Waals surface area contributed by atoms with E-state index in [1.54, 1.807) is 24.3 Å². The lowest BCUT2D eigenvalue weighted by Crippen LogP contribution is -2.07. The first-order valence-electron chi connectivity index (χ1n) is 4.64. The van der Waals surface area contributed by atoms with Crippen LogP contribution in [0.3, 0.4) is 0 Å². The minimum Gasteiger partial charge on any atom is -0.507 e. The van der Waals surface area contributed by atoms with Gasteiger partial charge < -0.3 is 9.84 Å². The lowest BCUT2D eigenvalue weighted by atomic mass is 10.0. The molecular formula is C12H14O3. The Morgan fingerprint density at radius 1 is 1.60 bits per heavy atom. The van der Waals surface area contributed by atoms with Gasteiger partial charge >= 0.3 is 0 Å². The number of phenolic OH excluding ortho intramolecular Hbond substituents is 1. The maximum Gasteiger partial charge on any atom is 0.192 e. The van der Waals surface area contributed by atoms with Crippen LogP contribution in [0, 0.1) is 0 Å². The molecule has 0 aliphatic rings. The summed E-state index contributed by atoms with van der Waals surface area (Å²) in [5, 5.41) is 9.79. The molecule has 0 heterocycles. The van der Waals surface area contributed by atoms with Crippen LogP contribution in [0.2, 0.25) is 0 Å². The number of carbonyl (C=O) groups is 1. The van der Waals surface area contributed by atoms with Crippen LogP contribution in [0.15, 0.2) is 30.9 Å². The van der Waals surface area contributed by atoms with E-state index < -0.39 is 0 Å². The monoisotopic (exact) mass is 206 g/mol. The van der Waals surface area contributed by atoms with Crippen molar-refractivity contribution in [2.45, 2.75) is 6.42 Å². The number of benzene rings is 1. The van der Waals surface area contributed by atoms with Crippen LogP contribution in [0.1, 0.15) is 15.9 Å². The first-order valence-corrected chi connectivity index (χ1v) is 4.64. The third kappa shape index (κ3) is 2.67. The molecule has 3 nitrogen and oxygen atoms in total. The van der Waals surface area contributed by atoms with Crippen LogP contribution in [-0.2, 0) is 11.2 Å². The normalized spacial score (nSPS) is 9.93. The molecule has 1 N–H and O–H groups in total. The van der Waals surface area contributed by atoms with Gasteiger partial charge in [-0.05, 0) is 18.1 Å². The van der Waals surface area contributed by atoms with Gasteiger partial charge in [-0.15, -0.1) is 6.58 Å². The SMILES string of the molecule is C=CCc1cccc(C(=O)COC)c1O. The van der Waals surface area contributed by atoms with Gasteiger partial charge in [-0.2, -0.15) is 0 Å². The van der Waals surface area contributed by atoms with Gasteiger partial charge in [0.15, 0.2) is 5.78 Å². The van der Waals surface area contributed by atoms with E-state index in [1.807, 2.05) is 0 Å². The first kappa shape index (κ1) is 11.5. The summed E-state index contributed by atoms with van der Waals surface area (Å²) in [6, 6.07) is 5.09. The highest BCUT2D eigenvalue weighted by molar-refractivity contribution is 5.99. The predicted octanol–water partition coefficient (Wildman–Crippen LogP) is 1.95. The minimum atomic E-state index is -0.221. The average molecular weight is 206 g/mol. The van der Waals surface area contributed by atoms with Gasteiger partial charge in [-0.25, -0.2) is 0 Å². The lowest BCUT2D eigenvalue weighted by Gasteiger charge is -2.06. The van der Waals surface area contributed by atoms with Crippen molar-refractivity contribution in [1.82, 2.24) is 0 Å². The summed E-state index contributed by atoms with van der Waals surface area (Å²) in [7, 11) is 1.45. The number of hydrogen-bond acceptors (Lipinski definition) is 3. The molecule has 1 aromatic carbocycles. The summed E-state index contributed by atoms with van der Waals surface area (Å²) in [6.07, 6.45) is 2.22. The third-order valence-corrected chi connectivity index (χ3v) is 2.06. The summed E-state index contributed by atoms with van der Waals surface area (Å²) in [5.41, 5.74) is 1.00. The number of carbonyl (C=O) groups excluding carboxylic acids is 1. The highest BCUT2D eigenvalue weighted by Gasteiger charge is 2.12. The molecule has 1 aromatic rings. The Balaban J connectivity index is 3.03. The molecule has 0 aliphatic heterocycles. The fourth-order valence-corrected chi connectivity index (χ4v) is 1.35. The van der Waals surface area contributed by atoms with Crippen molar-refractivity contribution in [2.75, 3.05) is 13.7 Å². The van der Waals surface area contributed by atoms with Gasteiger partial charge in [0, 0.05) is 7.11 Å². The zero-order valence-electron chi connectivity index (χ0n) is 8.69. The molecule has 0 fully saturated rings. The van der Waals surface area contributed by atoms with Gasteiger partial charge in [0.05, 0.1) is 5.56 Å². The van der Waals surface area contributed by atoms with E-state index >= 15 is 0 Å². The van der Waals surface area contributed by atoms with Crippen molar-refractivity contribution in [3.63, 3.8) is 0 Å². The van der Waals surface area contributed by atoms with E-state index in [-0.39, 0.29) is 18.1 Å². The standard InChI is InChI=1S/C12H14O3/c1-3-5-9-6-4-7-10(12(9)14)11(13)8-15-2/h3-4,6-7,14H,1,5,8H2,2H3. The average Bonchev–Trinajstić information content (AvgIpc) is 2.22. The van der Waals surface area contributed by atoms with E-state index in [2.05, 4.69) is 6.58 Å². The van der Waals surface area contributed by atoms with Crippen LogP contribution < -0.4 is 0 Å². The van der Waals surface area contributed by atoms with Crippen molar-refractivity contribution in [3.8, 4) is 5.75 Å². The van der Waals surface area contributed by atoms with Crippen LogP contribution in [0.5, 0.6) is 5.75 Å². The number of allylic oxidation sites excluding steroid dienone is 1. The summed E-state index contributed by atoms with van der Waals surface area (Å²) in [5.74, 6) is -0.194. The Morgan fingerprint density at radius 2 is 2.33 bits per heavy atom. The number of aromatic hydroxyl groups is 1. The van der Waals surface area contributed by atoms with Crippen molar-refractivity contribution in [3.05, 3.63) is 42.0 Å². The van der Waals surface area contributed by atoms with Crippen molar-refractivity contribution in [1.29, 1.82) is 0 Å². The number of para-hydroxylation sites is 1. The van der Waals surface area contributed by atoms with Crippen molar-refractivity contribution in [2.24, 2.45) is 0 Å². The third-order valence-electron chi connectivity index (χ3n) is 2.06. The number of hydrogen-bond donors (Lipinski definition) is 1. The molecule has 0 unspecified atom stereocenters. The molecule has 15 heavy (non-hydrogen) atoms. The van der Waals surface area contributed by atoms with E-state index in [4.69, 9.17) is 4.74 Å². The number of methoxy groups -OCH3 is 1. The second-order valence-electron chi connectivity index (χ2n) is 3.16. The summed E-state index contributed by atoms with van der Waals surface area (Å²) < 4.78 is 4.73. The Morgan fingerprint density at radius 3 is 2.93 bits per heavy atom. The molecule has 0 radical (unpaired) electrons. The fourth-order valence-electron chi connectivity index (χ4n) is 1.35. The predicted molar refractivity (Wildman–Crippen MR) is 58.2 cm³/mol. The number of phenols is 1. The second-order valence-corrected chi connectivity index (χ2v) is 3.16. The van der Waals surface area contributed by atoms with Gasteiger partial charge in [-0.3, -0.25) is 4.79 Å². The lowest BCUT2D eigenvalue weighted by molar-refractivity contribution is 0.0845. The van der Waals surface area contributed by atoms with E-state index in [1.165, 1.54) is 7.11 Å². The molecule has 0 spiro atoms. The molecule has 0 saturated carbocycles.